The number of nitrogens with one attached hydrogen (secondary N) is 1. The average molecular weight is 259 g/mol. The van der Waals surface area contributed by atoms with Crippen LogP contribution < -0.4 is 5.32 Å². The summed E-state index contributed by atoms with van der Waals surface area (Å²) in [7, 11) is 0. The Morgan fingerprint density at radius 3 is 2.63 bits per heavy atom. The molecule has 3 rings (SSSR count). The lowest BCUT2D eigenvalue weighted by atomic mass is 9.97. The van der Waals surface area contributed by atoms with Gasteiger partial charge >= 0.3 is 0 Å². The van der Waals surface area contributed by atoms with Crippen molar-refractivity contribution in [2.45, 2.75) is 64.2 Å². The van der Waals surface area contributed by atoms with Crippen LogP contribution in [0.15, 0.2) is 18.2 Å². The molecule has 104 valence electrons. The molecule has 0 radical (unpaired) electrons. The van der Waals surface area contributed by atoms with Gasteiger partial charge in [-0.1, -0.05) is 13.0 Å². The van der Waals surface area contributed by atoms with E-state index in [2.05, 4.69) is 47.2 Å². The van der Waals surface area contributed by atoms with Gasteiger partial charge in [0, 0.05) is 30.4 Å². The van der Waals surface area contributed by atoms with E-state index in [1.54, 1.807) is 0 Å². The minimum absolute atomic E-state index is 0.740. The largest absolute Gasteiger partial charge is 0.314 e. The van der Waals surface area contributed by atoms with Crippen LogP contribution >= 0.6 is 0 Å². The monoisotopic (exact) mass is 259 g/mol. The third-order valence-corrected chi connectivity index (χ3v) is 4.67. The first-order chi connectivity index (χ1) is 9.26. The summed E-state index contributed by atoms with van der Waals surface area (Å²) in [6, 6.07) is 8.66. The van der Waals surface area contributed by atoms with Crippen molar-refractivity contribution < 1.29 is 0 Å². The van der Waals surface area contributed by atoms with Crippen LogP contribution in [0.2, 0.25) is 0 Å². The van der Waals surface area contributed by atoms with Gasteiger partial charge in [0.1, 0.15) is 0 Å². The summed E-state index contributed by atoms with van der Waals surface area (Å²) >= 11 is 0. The second kappa shape index (κ2) is 5.59. The Bertz CT molecular complexity index is 418. The van der Waals surface area contributed by atoms with E-state index in [1.807, 2.05) is 0 Å². The SMILES string of the molecule is CCNC1CC2CCC(C1)N2Cc1cccc(C)n1. The Morgan fingerprint density at radius 2 is 2.00 bits per heavy atom. The molecule has 1 aromatic heterocycles. The molecule has 2 fully saturated rings. The topological polar surface area (TPSA) is 28.2 Å². The van der Waals surface area contributed by atoms with Crippen LogP contribution in [0.1, 0.15) is 44.0 Å². The highest BCUT2D eigenvalue weighted by Gasteiger charge is 2.40. The molecular weight excluding hydrogens is 234 g/mol. The molecule has 2 atom stereocenters. The van der Waals surface area contributed by atoms with Gasteiger partial charge < -0.3 is 5.32 Å². The fraction of sp³-hybridized carbons (Fsp3) is 0.688. The van der Waals surface area contributed by atoms with E-state index in [1.165, 1.54) is 31.4 Å². The summed E-state index contributed by atoms with van der Waals surface area (Å²) in [6.07, 6.45) is 5.38. The summed E-state index contributed by atoms with van der Waals surface area (Å²) in [6.45, 7) is 6.43. The number of hydrogen-bond donors (Lipinski definition) is 1. The number of rotatable bonds is 4. The molecule has 2 bridgehead atoms. The van der Waals surface area contributed by atoms with Gasteiger partial charge in [0.25, 0.3) is 0 Å². The predicted octanol–water partition coefficient (Wildman–Crippen LogP) is 2.49. The van der Waals surface area contributed by atoms with Crippen molar-refractivity contribution in [1.82, 2.24) is 15.2 Å². The van der Waals surface area contributed by atoms with Gasteiger partial charge in [0.15, 0.2) is 0 Å². The summed E-state index contributed by atoms with van der Waals surface area (Å²) in [5.74, 6) is 0. The molecule has 2 aliphatic heterocycles. The van der Waals surface area contributed by atoms with Gasteiger partial charge in [-0.05, 0) is 51.3 Å². The van der Waals surface area contributed by atoms with Crippen molar-refractivity contribution in [3.8, 4) is 0 Å². The van der Waals surface area contributed by atoms with Gasteiger partial charge in [-0.15, -0.1) is 0 Å². The number of hydrogen-bond acceptors (Lipinski definition) is 3. The van der Waals surface area contributed by atoms with E-state index < -0.39 is 0 Å². The molecule has 19 heavy (non-hydrogen) atoms. The quantitative estimate of drug-likeness (QED) is 0.900. The first kappa shape index (κ1) is 13.1. The predicted molar refractivity (Wildman–Crippen MR) is 78.0 cm³/mol. The molecule has 3 heterocycles. The standard InChI is InChI=1S/C16H25N3/c1-3-17-14-9-15-7-8-16(10-14)19(15)11-13-6-4-5-12(2)18-13/h4-6,14-17H,3,7-11H2,1-2H3. The van der Waals surface area contributed by atoms with Crippen molar-refractivity contribution in [1.29, 1.82) is 0 Å². The van der Waals surface area contributed by atoms with Crippen LogP contribution in [0, 0.1) is 6.92 Å². The Balaban J connectivity index is 1.67. The summed E-state index contributed by atoms with van der Waals surface area (Å²) in [5.41, 5.74) is 2.37. The van der Waals surface area contributed by atoms with Crippen molar-refractivity contribution in [2.24, 2.45) is 0 Å². The molecule has 1 N–H and O–H groups in total. The zero-order valence-corrected chi connectivity index (χ0v) is 12.1. The lowest BCUT2D eigenvalue weighted by Gasteiger charge is -2.39. The fourth-order valence-electron chi connectivity index (χ4n) is 3.86. The Morgan fingerprint density at radius 1 is 1.26 bits per heavy atom. The molecule has 2 unspecified atom stereocenters. The molecule has 0 saturated carbocycles. The highest BCUT2D eigenvalue weighted by molar-refractivity contribution is 5.11. The van der Waals surface area contributed by atoms with E-state index >= 15 is 0 Å². The maximum atomic E-state index is 4.66. The molecule has 0 amide bonds. The summed E-state index contributed by atoms with van der Waals surface area (Å²) in [4.78, 5) is 7.37. The van der Waals surface area contributed by atoms with Crippen molar-refractivity contribution in [3.63, 3.8) is 0 Å². The van der Waals surface area contributed by atoms with E-state index in [0.717, 1.165) is 36.9 Å². The third kappa shape index (κ3) is 2.82. The van der Waals surface area contributed by atoms with Crippen molar-refractivity contribution in [2.75, 3.05) is 6.54 Å². The van der Waals surface area contributed by atoms with E-state index in [9.17, 15) is 0 Å². The number of pyridine rings is 1. The lowest BCUT2D eigenvalue weighted by molar-refractivity contribution is 0.108. The molecule has 1 aromatic rings. The van der Waals surface area contributed by atoms with Gasteiger partial charge in [-0.25, -0.2) is 0 Å². The Labute approximate surface area is 116 Å². The minimum Gasteiger partial charge on any atom is -0.314 e. The second-order valence-electron chi connectivity index (χ2n) is 6.05. The van der Waals surface area contributed by atoms with Crippen molar-refractivity contribution in [3.05, 3.63) is 29.6 Å². The van der Waals surface area contributed by atoms with Gasteiger partial charge in [0.05, 0.1) is 5.69 Å². The first-order valence-electron chi connectivity index (χ1n) is 7.68. The van der Waals surface area contributed by atoms with Crippen LogP contribution in [0.4, 0.5) is 0 Å². The number of nitrogens with zero attached hydrogens (tertiary/aromatic N) is 2. The van der Waals surface area contributed by atoms with E-state index in [-0.39, 0.29) is 0 Å². The van der Waals surface area contributed by atoms with Gasteiger partial charge in [-0.2, -0.15) is 0 Å². The highest BCUT2D eigenvalue weighted by atomic mass is 15.2. The molecule has 3 nitrogen and oxygen atoms in total. The van der Waals surface area contributed by atoms with Crippen LogP contribution in [-0.2, 0) is 6.54 Å². The van der Waals surface area contributed by atoms with Crippen LogP contribution in [0.25, 0.3) is 0 Å². The molecule has 2 saturated heterocycles. The highest BCUT2D eigenvalue weighted by Crippen LogP contribution is 2.36. The normalized spacial score (nSPS) is 30.7. The first-order valence-corrected chi connectivity index (χ1v) is 7.68. The summed E-state index contributed by atoms with van der Waals surface area (Å²) in [5, 5.41) is 3.64. The molecule has 0 aromatic carbocycles. The molecule has 3 heteroatoms. The fourth-order valence-corrected chi connectivity index (χ4v) is 3.86. The van der Waals surface area contributed by atoms with Crippen LogP contribution in [0.5, 0.6) is 0 Å². The van der Waals surface area contributed by atoms with Gasteiger partial charge in [-0.3, -0.25) is 9.88 Å². The lowest BCUT2D eigenvalue weighted by Crippen LogP contribution is -2.48. The van der Waals surface area contributed by atoms with Crippen LogP contribution in [0.3, 0.4) is 0 Å². The van der Waals surface area contributed by atoms with E-state index in [0.29, 0.717) is 0 Å². The zero-order valence-electron chi connectivity index (χ0n) is 12.1. The number of fused-ring (bicyclic) bond motifs is 2. The number of piperidine rings is 1. The Kier molecular flexibility index (Phi) is 3.85. The average Bonchev–Trinajstić information content (AvgIpc) is 2.62. The molecule has 0 aliphatic carbocycles. The van der Waals surface area contributed by atoms with E-state index in [4.69, 9.17) is 0 Å². The maximum absolute atomic E-state index is 4.66. The Hall–Kier alpha value is -0.930. The minimum atomic E-state index is 0.740. The molecule has 2 aliphatic rings. The molecule has 0 spiro atoms. The van der Waals surface area contributed by atoms with Crippen molar-refractivity contribution >= 4 is 0 Å². The number of aryl methyl sites for hydroxylation is 1. The van der Waals surface area contributed by atoms with Gasteiger partial charge in [0.2, 0.25) is 0 Å². The summed E-state index contributed by atoms with van der Waals surface area (Å²) < 4.78 is 0. The second-order valence-corrected chi connectivity index (χ2v) is 6.05. The number of aromatic nitrogens is 1. The zero-order chi connectivity index (χ0) is 13.2. The smallest absolute Gasteiger partial charge is 0.0547 e. The van der Waals surface area contributed by atoms with Crippen LogP contribution in [-0.4, -0.2) is 34.6 Å². The maximum Gasteiger partial charge on any atom is 0.0547 e. The molecular formula is C16H25N3. The third-order valence-electron chi connectivity index (χ3n) is 4.67.